The first-order valence-corrected chi connectivity index (χ1v) is 4.36. The van der Waals surface area contributed by atoms with Gasteiger partial charge in [-0.15, -0.1) is 0 Å². The van der Waals surface area contributed by atoms with E-state index in [-0.39, 0.29) is 18.8 Å². The molecule has 1 unspecified atom stereocenters. The van der Waals surface area contributed by atoms with Gasteiger partial charge in [-0.05, 0) is 17.7 Å². The van der Waals surface area contributed by atoms with Crippen molar-refractivity contribution in [2.24, 2.45) is 0 Å². The van der Waals surface area contributed by atoms with Crippen molar-refractivity contribution in [2.75, 3.05) is 13.2 Å². The minimum atomic E-state index is -1.24. The number of carboxylic acids is 1. The minimum absolute atomic E-state index is 0.104. The third-order valence-corrected chi connectivity index (χ3v) is 1.75. The van der Waals surface area contributed by atoms with Gasteiger partial charge in [0, 0.05) is 0 Å². The van der Waals surface area contributed by atoms with E-state index < -0.39 is 17.9 Å². The quantitative estimate of drug-likeness (QED) is 0.766. The molecule has 0 fully saturated rings. The van der Waals surface area contributed by atoms with Crippen LogP contribution in [0.15, 0.2) is 24.3 Å². The number of benzene rings is 1. The van der Waals surface area contributed by atoms with Gasteiger partial charge in [0.1, 0.15) is 5.82 Å². The molecule has 15 heavy (non-hydrogen) atoms. The van der Waals surface area contributed by atoms with E-state index in [2.05, 4.69) is 0 Å². The summed E-state index contributed by atoms with van der Waals surface area (Å²) < 4.78 is 17.7. The van der Waals surface area contributed by atoms with Crippen molar-refractivity contribution in [3.8, 4) is 0 Å². The second kappa shape index (κ2) is 5.43. The van der Waals surface area contributed by atoms with Gasteiger partial charge in [0.05, 0.1) is 13.2 Å². The van der Waals surface area contributed by atoms with Gasteiger partial charge in [0.15, 0.2) is 6.10 Å². The van der Waals surface area contributed by atoms with Crippen LogP contribution in [-0.4, -0.2) is 29.4 Å². The fraction of sp³-hybridized carbons (Fsp3) is 0.300. The Kier molecular flexibility index (Phi) is 4.20. The molecule has 0 aliphatic carbocycles. The van der Waals surface area contributed by atoms with E-state index in [1.54, 1.807) is 0 Å². The van der Waals surface area contributed by atoms with Crippen LogP contribution < -0.4 is 0 Å². The normalized spacial score (nSPS) is 12.4. The predicted octanol–water partition coefficient (Wildman–Crippen LogP) is 0.960. The van der Waals surface area contributed by atoms with Crippen molar-refractivity contribution in [1.82, 2.24) is 0 Å². The first-order valence-electron chi connectivity index (χ1n) is 4.36. The summed E-state index contributed by atoms with van der Waals surface area (Å²) in [6.07, 6.45) is -1.24. The molecule has 0 amide bonds. The molecule has 0 aliphatic rings. The average molecular weight is 214 g/mol. The maximum atomic E-state index is 12.8. The van der Waals surface area contributed by atoms with Gasteiger partial charge >= 0.3 is 5.97 Å². The summed E-state index contributed by atoms with van der Waals surface area (Å²) in [7, 11) is 0. The Morgan fingerprint density at radius 2 is 2.27 bits per heavy atom. The van der Waals surface area contributed by atoms with Crippen LogP contribution in [0.4, 0.5) is 4.39 Å². The Bertz CT molecular complexity index is 340. The number of carbonyl (C=O) groups is 1. The van der Waals surface area contributed by atoms with Crippen LogP contribution in [0.2, 0.25) is 0 Å². The number of halogens is 1. The minimum Gasteiger partial charge on any atom is -0.479 e. The van der Waals surface area contributed by atoms with Crippen LogP contribution in [0.3, 0.4) is 0 Å². The lowest BCUT2D eigenvalue weighted by molar-refractivity contribution is -0.151. The molecule has 0 spiro atoms. The summed E-state index contributed by atoms with van der Waals surface area (Å²) >= 11 is 0. The van der Waals surface area contributed by atoms with E-state index in [9.17, 15) is 9.18 Å². The second-order valence-corrected chi connectivity index (χ2v) is 2.87. The molecule has 1 rings (SSSR count). The van der Waals surface area contributed by atoms with Gasteiger partial charge in [0.25, 0.3) is 0 Å². The summed E-state index contributed by atoms with van der Waals surface area (Å²) in [5.74, 6) is -1.74. The molecule has 2 N–H and O–H groups in total. The monoisotopic (exact) mass is 214 g/mol. The van der Waals surface area contributed by atoms with Gasteiger partial charge in [-0.3, -0.25) is 0 Å². The molecule has 0 radical (unpaired) electrons. The summed E-state index contributed by atoms with van der Waals surface area (Å²) in [6.45, 7) is -0.382. The third kappa shape index (κ3) is 3.30. The Morgan fingerprint density at radius 1 is 1.53 bits per heavy atom. The first kappa shape index (κ1) is 11.6. The Hall–Kier alpha value is -1.46. The lowest BCUT2D eigenvalue weighted by atomic mass is 10.1. The maximum Gasteiger partial charge on any atom is 0.337 e. The summed E-state index contributed by atoms with van der Waals surface area (Å²) in [4.78, 5) is 10.8. The van der Waals surface area contributed by atoms with Crippen molar-refractivity contribution in [1.29, 1.82) is 0 Å². The number of aliphatic carboxylic acids is 1. The maximum absolute atomic E-state index is 12.8. The molecule has 0 saturated heterocycles. The molecule has 5 heteroatoms. The molecule has 1 aromatic carbocycles. The molecule has 1 aromatic rings. The zero-order valence-corrected chi connectivity index (χ0v) is 7.89. The summed E-state index contributed by atoms with van der Waals surface area (Å²) in [5.41, 5.74) is 0.218. The highest BCUT2D eigenvalue weighted by Crippen LogP contribution is 2.18. The van der Waals surface area contributed by atoms with Gasteiger partial charge < -0.3 is 14.9 Å². The van der Waals surface area contributed by atoms with Crippen LogP contribution in [0.5, 0.6) is 0 Å². The highest BCUT2D eigenvalue weighted by Gasteiger charge is 2.20. The highest BCUT2D eigenvalue weighted by atomic mass is 19.1. The van der Waals surface area contributed by atoms with Crippen LogP contribution >= 0.6 is 0 Å². The SMILES string of the molecule is O=C(O)C(OCCO)c1cccc(F)c1. The number of aliphatic hydroxyl groups is 1. The highest BCUT2D eigenvalue weighted by molar-refractivity contribution is 5.74. The topological polar surface area (TPSA) is 66.8 Å². The number of hydrogen-bond donors (Lipinski definition) is 2. The Morgan fingerprint density at radius 3 is 2.80 bits per heavy atom. The number of hydrogen-bond acceptors (Lipinski definition) is 3. The van der Waals surface area contributed by atoms with Crippen molar-refractivity contribution in [3.63, 3.8) is 0 Å². The number of ether oxygens (including phenoxy) is 1. The summed E-state index contributed by atoms with van der Waals surface area (Å²) in [6, 6.07) is 5.17. The zero-order chi connectivity index (χ0) is 11.3. The van der Waals surface area contributed by atoms with Crippen molar-refractivity contribution < 1.29 is 24.1 Å². The fourth-order valence-electron chi connectivity index (χ4n) is 1.15. The molecular weight excluding hydrogens is 203 g/mol. The third-order valence-electron chi connectivity index (χ3n) is 1.75. The van der Waals surface area contributed by atoms with E-state index in [1.165, 1.54) is 18.2 Å². The van der Waals surface area contributed by atoms with Crippen LogP contribution in [-0.2, 0) is 9.53 Å². The Labute approximate surface area is 85.9 Å². The lowest BCUT2D eigenvalue weighted by Gasteiger charge is -2.12. The molecule has 0 saturated carbocycles. The van der Waals surface area contributed by atoms with E-state index in [0.29, 0.717) is 0 Å². The van der Waals surface area contributed by atoms with E-state index in [4.69, 9.17) is 14.9 Å². The molecule has 1 atom stereocenters. The average Bonchev–Trinajstić information content (AvgIpc) is 2.18. The van der Waals surface area contributed by atoms with Crippen molar-refractivity contribution in [3.05, 3.63) is 35.6 Å². The van der Waals surface area contributed by atoms with E-state index >= 15 is 0 Å². The zero-order valence-electron chi connectivity index (χ0n) is 7.89. The molecule has 0 bridgehead atoms. The molecule has 0 heterocycles. The summed E-state index contributed by atoms with van der Waals surface area (Å²) in [5, 5.41) is 17.3. The fourth-order valence-corrected chi connectivity index (χ4v) is 1.15. The lowest BCUT2D eigenvalue weighted by Crippen LogP contribution is -2.17. The van der Waals surface area contributed by atoms with Gasteiger partial charge in [-0.1, -0.05) is 12.1 Å². The van der Waals surface area contributed by atoms with Gasteiger partial charge in [0.2, 0.25) is 0 Å². The molecule has 0 aromatic heterocycles. The van der Waals surface area contributed by atoms with Gasteiger partial charge in [-0.2, -0.15) is 0 Å². The standard InChI is InChI=1S/C10H11FO4/c11-8-3-1-2-7(6-8)9(10(13)14)15-5-4-12/h1-3,6,9,12H,4-5H2,(H,13,14). The van der Waals surface area contributed by atoms with Gasteiger partial charge in [-0.25, -0.2) is 9.18 Å². The molecule has 0 aliphatic heterocycles. The molecule has 82 valence electrons. The smallest absolute Gasteiger partial charge is 0.337 e. The van der Waals surface area contributed by atoms with Crippen LogP contribution in [0.1, 0.15) is 11.7 Å². The Balaban J connectivity index is 2.84. The first-order chi connectivity index (χ1) is 7.15. The largest absolute Gasteiger partial charge is 0.479 e. The van der Waals surface area contributed by atoms with E-state index in [1.807, 2.05) is 0 Å². The van der Waals surface area contributed by atoms with Crippen LogP contribution in [0.25, 0.3) is 0 Å². The second-order valence-electron chi connectivity index (χ2n) is 2.87. The number of aliphatic hydroxyl groups excluding tert-OH is 1. The molecular formula is C10H11FO4. The molecule has 4 nitrogen and oxygen atoms in total. The van der Waals surface area contributed by atoms with Crippen molar-refractivity contribution in [2.45, 2.75) is 6.10 Å². The number of rotatable bonds is 5. The number of carboxylic acid groups (broad SMARTS) is 1. The predicted molar refractivity (Wildman–Crippen MR) is 49.8 cm³/mol. The van der Waals surface area contributed by atoms with Crippen LogP contribution in [0, 0.1) is 5.82 Å². The van der Waals surface area contributed by atoms with E-state index in [0.717, 1.165) is 6.07 Å². The van der Waals surface area contributed by atoms with Crippen molar-refractivity contribution >= 4 is 5.97 Å².